The molecule has 0 bridgehead atoms. The van der Waals surface area contributed by atoms with Gasteiger partial charge in [-0.1, -0.05) is 30.3 Å². The van der Waals surface area contributed by atoms with Gasteiger partial charge in [0.25, 0.3) is 5.91 Å². The highest BCUT2D eigenvalue weighted by molar-refractivity contribution is 5.85. The second-order valence-corrected chi connectivity index (χ2v) is 11.2. The molecule has 13 heteroatoms. The summed E-state index contributed by atoms with van der Waals surface area (Å²) in [5, 5.41) is 13.6. The number of hydrogen-bond acceptors (Lipinski definition) is 5. The Morgan fingerprint density at radius 1 is 0.932 bits per heavy atom. The number of hydrogen-bond donors (Lipinski definition) is 2. The second-order valence-electron chi connectivity index (χ2n) is 11.2. The van der Waals surface area contributed by atoms with E-state index in [1.165, 1.54) is 0 Å². The van der Waals surface area contributed by atoms with Crippen molar-refractivity contribution < 1.29 is 41.0 Å². The number of allylic oxidation sites excluding steroid dienone is 1. The van der Waals surface area contributed by atoms with Crippen LogP contribution in [-0.4, -0.2) is 59.6 Å². The molecule has 2 aromatic carbocycles. The number of piperazine rings is 1. The van der Waals surface area contributed by atoms with Crippen molar-refractivity contribution in [3.63, 3.8) is 0 Å². The van der Waals surface area contributed by atoms with Gasteiger partial charge in [-0.15, -0.1) is 12.4 Å². The number of ether oxygens (including phenoxy) is 1. The highest BCUT2D eigenvalue weighted by Gasteiger charge is 2.42. The molecule has 1 saturated carbocycles. The summed E-state index contributed by atoms with van der Waals surface area (Å²) in [6.45, 7) is 3.92. The van der Waals surface area contributed by atoms with Gasteiger partial charge in [0.1, 0.15) is 12.9 Å². The van der Waals surface area contributed by atoms with Gasteiger partial charge in [-0.2, -0.15) is 26.3 Å². The Bertz CT molecular complexity index is 1320. The maximum atomic E-state index is 13.4. The van der Waals surface area contributed by atoms with Gasteiger partial charge in [0.2, 0.25) is 0 Å². The van der Waals surface area contributed by atoms with Crippen molar-refractivity contribution in [3.8, 4) is 0 Å². The van der Waals surface area contributed by atoms with Gasteiger partial charge in [0.15, 0.2) is 6.10 Å². The largest absolute Gasteiger partial charge is 0.495 e. The molecule has 3 aliphatic rings. The van der Waals surface area contributed by atoms with Crippen molar-refractivity contribution in [2.45, 2.75) is 55.7 Å². The third-order valence-corrected chi connectivity index (χ3v) is 8.55. The van der Waals surface area contributed by atoms with Crippen LogP contribution in [0.1, 0.15) is 54.0 Å². The van der Waals surface area contributed by atoms with Gasteiger partial charge in [-0.25, -0.2) is 0 Å². The highest BCUT2D eigenvalue weighted by Crippen LogP contribution is 2.41. The van der Waals surface area contributed by atoms with Gasteiger partial charge in [0, 0.05) is 32.2 Å². The number of alkyl halides is 6. The predicted octanol–water partition coefficient (Wildman–Crippen LogP) is 6.18. The van der Waals surface area contributed by atoms with E-state index in [0.29, 0.717) is 44.4 Å². The lowest BCUT2D eigenvalue weighted by molar-refractivity contribution is -0.144. The molecule has 1 unspecified atom stereocenters. The van der Waals surface area contributed by atoms with Crippen LogP contribution in [0.2, 0.25) is 0 Å². The molecular weight excluding hydrogens is 612 g/mol. The Morgan fingerprint density at radius 3 is 2.05 bits per heavy atom. The lowest BCUT2D eigenvalue weighted by Gasteiger charge is -2.47. The first-order chi connectivity index (χ1) is 20.4. The average molecular weight is 646 g/mol. The van der Waals surface area contributed by atoms with Crippen LogP contribution in [0.3, 0.4) is 0 Å². The molecule has 6 nitrogen and oxygen atoms in total. The quantitative estimate of drug-likeness (QED) is 0.368. The number of halogens is 7. The molecule has 240 valence electrons. The summed E-state index contributed by atoms with van der Waals surface area (Å²) in [6.07, 6.45) is -4.26. The number of amides is 1. The molecule has 0 spiro atoms. The van der Waals surface area contributed by atoms with E-state index in [1.54, 1.807) is 18.4 Å². The topological polar surface area (TPSA) is 65.0 Å². The predicted molar refractivity (Wildman–Crippen MR) is 153 cm³/mol. The molecule has 2 heterocycles. The molecule has 0 radical (unpaired) electrons. The first-order valence-electron chi connectivity index (χ1n) is 14.2. The van der Waals surface area contributed by atoms with E-state index in [4.69, 9.17) is 4.74 Å². The minimum Gasteiger partial charge on any atom is -0.495 e. The molecule has 1 atom stereocenters. The Hall–Kier alpha value is -3.22. The first kappa shape index (κ1) is 33.7. The molecule has 2 aromatic rings. The zero-order chi connectivity index (χ0) is 30.8. The van der Waals surface area contributed by atoms with Crippen LogP contribution in [0.15, 0.2) is 72.6 Å². The normalized spacial score (nSPS) is 23.7. The Labute approximate surface area is 257 Å². The number of rotatable bonds is 6. The van der Waals surface area contributed by atoms with Crippen LogP contribution in [0.25, 0.3) is 0 Å². The number of nitrogens with one attached hydrogen (secondary N) is 1. The average Bonchev–Trinajstić information content (AvgIpc) is 3.01. The number of nitrogens with zero attached hydrogens (tertiary/aromatic N) is 2. The Kier molecular flexibility index (Phi) is 10.3. The van der Waals surface area contributed by atoms with Crippen molar-refractivity contribution in [1.82, 2.24) is 15.1 Å². The van der Waals surface area contributed by atoms with E-state index in [2.05, 4.69) is 15.1 Å². The minimum atomic E-state index is -5.10. The van der Waals surface area contributed by atoms with Gasteiger partial charge < -0.3 is 20.1 Å². The third-order valence-electron chi connectivity index (χ3n) is 8.55. The van der Waals surface area contributed by atoms with Crippen LogP contribution in [0, 0.1) is 0 Å². The van der Waals surface area contributed by atoms with Crippen LogP contribution >= 0.6 is 12.4 Å². The molecule has 2 N–H and O–H groups in total. The third kappa shape index (κ3) is 7.52. The maximum absolute atomic E-state index is 13.4. The molecule has 44 heavy (non-hydrogen) atoms. The van der Waals surface area contributed by atoms with E-state index in [9.17, 15) is 36.2 Å². The van der Waals surface area contributed by atoms with Crippen molar-refractivity contribution >= 4 is 18.3 Å². The fourth-order valence-electron chi connectivity index (χ4n) is 6.22. The van der Waals surface area contributed by atoms with Crippen molar-refractivity contribution in [2.24, 2.45) is 0 Å². The van der Waals surface area contributed by atoms with Gasteiger partial charge in [0.05, 0.1) is 22.4 Å². The Morgan fingerprint density at radius 2 is 1.52 bits per heavy atom. The van der Waals surface area contributed by atoms with Crippen molar-refractivity contribution in [3.05, 3.63) is 94.9 Å². The molecule has 5 rings (SSSR count). The Balaban J connectivity index is 0.00000442. The number of carbonyl (C=O) groups excluding carboxylic acids is 1. The summed E-state index contributed by atoms with van der Waals surface area (Å²) in [6, 6.07) is 10.0. The molecular formula is C31H34ClF6N3O3. The van der Waals surface area contributed by atoms with Crippen LogP contribution in [0.4, 0.5) is 26.3 Å². The maximum Gasteiger partial charge on any atom is 0.416 e. The van der Waals surface area contributed by atoms with E-state index in [1.807, 2.05) is 30.4 Å². The molecule has 1 aliphatic carbocycles. The summed E-state index contributed by atoms with van der Waals surface area (Å²) in [5.74, 6) is -1.06. The van der Waals surface area contributed by atoms with Crippen LogP contribution in [-0.2, 0) is 27.4 Å². The summed E-state index contributed by atoms with van der Waals surface area (Å²) >= 11 is 0. The van der Waals surface area contributed by atoms with Crippen molar-refractivity contribution in [1.29, 1.82) is 0 Å². The smallest absolute Gasteiger partial charge is 0.416 e. The number of aliphatic hydroxyl groups excluding tert-OH is 1. The van der Waals surface area contributed by atoms with Gasteiger partial charge in [-0.05, 0) is 67.2 Å². The van der Waals surface area contributed by atoms with Gasteiger partial charge in [-0.3, -0.25) is 9.69 Å². The van der Waals surface area contributed by atoms with Gasteiger partial charge >= 0.3 is 12.4 Å². The molecule has 1 amide bonds. The van der Waals surface area contributed by atoms with E-state index in [0.717, 1.165) is 37.4 Å². The summed E-state index contributed by atoms with van der Waals surface area (Å²) < 4.78 is 85.8. The standard InChI is InChI=1S/C31H33F6N3O3.ClH/c32-30(33,34)23-17-21(18-24(19-23)31(35,36)37)27(41)28(42)38-29(22-5-2-1-3-6-22)10-8-25(9-11-29)39-12-14-40(15-13-39)26-7-4-16-43-20-26;/h1-7,17-20,25,27,41H,8-16H2,(H,38,42);1H. The fraction of sp³-hybridized carbons (Fsp3) is 0.452. The lowest BCUT2D eigenvalue weighted by Crippen LogP contribution is -2.55. The minimum absolute atomic E-state index is 0. The summed E-state index contributed by atoms with van der Waals surface area (Å²) in [7, 11) is 0. The highest BCUT2D eigenvalue weighted by atomic mass is 35.5. The number of aliphatic hydroxyl groups is 1. The summed E-state index contributed by atoms with van der Waals surface area (Å²) in [5.41, 5.74) is -3.10. The monoisotopic (exact) mass is 645 g/mol. The second kappa shape index (κ2) is 13.4. The zero-order valence-electron chi connectivity index (χ0n) is 23.7. The zero-order valence-corrected chi connectivity index (χ0v) is 24.5. The van der Waals surface area contributed by atoms with E-state index >= 15 is 0 Å². The first-order valence-corrected chi connectivity index (χ1v) is 14.2. The molecule has 2 fully saturated rings. The summed E-state index contributed by atoms with van der Waals surface area (Å²) in [4.78, 5) is 18.0. The van der Waals surface area contributed by atoms with Crippen molar-refractivity contribution in [2.75, 3.05) is 32.8 Å². The number of benzene rings is 2. The SMILES string of the molecule is Cl.O=C(NC1(c2ccccc2)CCC(N2CCN(C3=COCC=C3)CC2)CC1)C(O)c1cc(C(F)(F)F)cc(C(F)(F)F)c1. The molecule has 2 aliphatic heterocycles. The lowest BCUT2D eigenvalue weighted by atomic mass is 9.74. The fourth-order valence-corrected chi connectivity index (χ4v) is 6.22. The number of carbonyl (C=O) groups is 1. The molecule has 0 aromatic heterocycles. The van der Waals surface area contributed by atoms with E-state index < -0.39 is 46.6 Å². The van der Waals surface area contributed by atoms with Crippen LogP contribution in [0.5, 0.6) is 0 Å². The molecule has 1 saturated heterocycles. The van der Waals surface area contributed by atoms with Crippen LogP contribution < -0.4 is 5.32 Å². The van der Waals surface area contributed by atoms with E-state index in [-0.39, 0.29) is 24.5 Å².